The minimum atomic E-state index is -0.100. The predicted octanol–water partition coefficient (Wildman–Crippen LogP) is 4.36. The van der Waals surface area contributed by atoms with E-state index in [2.05, 4.69) is 10.6 Å². The number of likely N-dealkylation sites (N-methyl/N-ethyl adjacent to an activating group) is 1. The number of aryl methyl sites for hydroxylation is 2. The van der Waals surface area contributed by atoms with Crippen molar-refractivity contribution in [2.45, 2.75) is 27.7 Å². The third-order valence-electron chi connectivity index (χ3n) is 4.18. The maximum Gasteiger partial charge on any atom is 0.243 e. The van der Waals surface area contributed by atoms with Crippen molar-refractivity contribution in [2.24, 2.45) is 0 Å². The van der Waals surface area contributed by atoms with Crippen LogP contribution in [0.1, 0.15) is 25.0 Å². The molecule has 0 aliphatic carbocycles. The molecule has 2 rings (SSSR count). The van der Waals surface area contributed by atoms with Crippen LogP contribution in [0.5, 0.6) is 5.75 Å². The summed E-state index contributed by atoms with van der Waals surface area (Å²) in [5, 5.41) is 6.68. The number of thiocarbonyl (C=S) groups is 1. The average molecular weight is 386 g/mol. The Morgan fingerprint density at radius 3 is 2.33 bits per heavy atom. The Hall–Kier alpha value is -2.60. The van der Waals surface area contributed by atoms with Crippen molar-refractivity contribution in [3.63, 3.8) is 0 Å². The van der Waals surface area contributed by atoms with Gasteiger partial charge in [0.15, 0.2) is 5.11 Å². The summed E-state index contributed by atoms with van der Waals surface area (Å²) in [7, 11) is 0. The molecule has 0 unspecified atom stereocenters. The Labute approximate surface area is 166 Å². The molecule has 2 aromatic carbocycles. The van der Waals surface area contributed by atoms with Crippen LogP contribution in [0, 0.1) is 13.8 Å². The Bertz CT molecular complexity index is 788. The lowest BCUT2D eigenvalue weighted by Gasteiger charge is -2.25. The summed E-state index contributed by atoms with van der Waals surface area (Å²) in [4.78, 5) is 14.4. The standard InChI is InChI=1S/C21H27N3O2S/c1-5-24(14-19(25)23-20-15(3)10-9-11-16(20)4)21(27)22-17-12-7-8-13-18(17)26-6-2/h7-13H,5-6,14H2,1-4H3,(H,22,27)(H,23,25). The third kappa shape index (κ3) is 5.69. The molecule has 0 atom stereocenters. The Morgan fingerprint density at radius 2 is 1.70 bits per heavy atom. The van der Waals surface area contributed by atoms with E-state index in [0.29, 0.717) is 18.3 Å². The van der Waals surface area contributed by atoms with Gasteiger partial charge in [-0.25, -0.2) is 0 Å². The molecule has 0 aliphatic heterocycles. The van der Waals surface area contributed by atoms with Crippen LogP contribution in [0.2, 0.25) is 0 Å². The van der Waals surface area contributed by atoms with E-state index in [1.54, 1.807) is 0 Å². The van der Waals surface area contributed by atoms with Crippen molar-refractivity contribution in [3.05, 3.63) is 53.6 Å². The van der Waals surface area contributed by atoms with Crippen LogP contribution in [-0.4, -0.2) is 35.6 Å². The second kappa shape index (κ2) is 9.92. The van der Waals surface area contributed by atoms with Gasteiger partial charge >= 0.3 is 0 Å². The lowest BCUT2D eigenvalue weighted by molar-refractivity contribution is -0.116. The molecule has 6 heteroatoms. The fourth-order valence-electron chi connectivity index (χ4n) is 2.74. The smallest absolute Gasteiger partial charge is 0.243 e. The number of nitrogens with zero attached hydrogens (tertiary/aromatic N) is 1. The molecule has 0 aliphatic rings. The highest BCUT2D eigenvalue weighted by atomic mass is 32.1. The van der Waals surface area contributed by atoms with Crippen LogP contribution >= 0.6 is 12.2 Å². The van der Waals surface area contributed by atoms with Crippen molar-refractivity contribution in [3.8, 4) is 5.75 Å². The van der Waals surface area contributed by atoms with Gasteiger partial charge in [0.25, 0.3) is 0 Å². The molecule has 0 fully saturated rings. The Kier molecular flexibility index (Phi) is 7.61. The third-order valence-corrected chi connectivity index (χ3v) is 4.54. The summed E-state index contributed by atoms with van der Waals surface area (Å²) in [5.74, 6) is 0.634. The number of amides is 1. The van der Waals surface area contributed by atoms with Gasteiger partial charge < -0.3 is 20.3 Å². The molecule has 0 aromatic heterocycles. The van der Waals surface area contributed by atoms with Crippen molar-refractivity contribution in [1.82, 2.24) is 4.90 Å². The molecule has 2 aromatic rings. The van der Waals surface area contributed by atoms with Gasteiger partial charge in [-0.3, -0.25) is 4.79 Å². The maximum atomic E-state index is 12.5. The molecule has 0 saturated carbocycles. The first-order chi connectivity index (χ1) is 13.0. The quantitative estimate of drug-likeness (QED) is 0.694. The van der Waals surface area contributed by atoms with Crippen molar-refractivity contribution in [1.29, 1.82) is 0 Å². The monoisotopic (exact) mass is 385 g/mol. The first-order valence-electron chi connectivity index (χ1n) is 9.10. The van der Waals surface area contributed by atoms with E-state index in [4.69, 9.17) is 17.0 Å². The lowest BCUT2D eigenvalue weighted by atomic mass is 10.1. The molecule has 1 amide bonds. The van der Waals surface area contributed by atoms with Gasteiger partial charge in [0, 0.05) is 12.2 Å². The molecular weight excluding hydrogens is 358 g/mol. The Morgan fingerprint density at radius 1 is 1.04 bits per heavy atom. The largest absolute Gasteiger partial charge is 0.492 e. The fraction of sp³-hybridized carbons (Fsp3) is 0.333. The van der Waals surface area contributed by atoms with E-state index in [-0.39, 0.29) is 12.5 Å². The molecular formula is C21H27N3O2S. The van der Waals surface area contributed by atoms with Gasteiger partial charge in [-0.15, -0.1) is 0 Å². The number of carbonyl (C=O) groups excluding carboxylic acids is 1. The molecule has 0 bridgehead atoms. The summed E-state index contributed by atoms with van der Waals surface area (Å²) >= 11 is 5.51. The second-order valence-electron chi connectivity index (χ2n) is 6.19. The highest BCUT2D eigenvalue weighted by molar-refractivity contribution is 7.80. The first-order valence-corrected chi connectivity index (χ1v) is 9.50. The summed E-state index contributed by atoms with van der Waals surface area (Å²) in [6, 6.07) is 13.6. The van der Waals surface area contributed by atoms with Crippen LogP contribution in [0.25, 0.3) is 0 Å². The van der Waals surface area contributed by atoms with Crippen molar-refractivity contribution < 1.29 is 9.53 Å². The highest BCUT2D eigenvalue weighted by Crippen LogP contribution is 2.24. The van der Waals surface area contributed by atoms with Crippen LogP contribution in [0.3, 0.4) is 0 Å². The fourth-order valence-corrected chi connectivity index (χ4v) is 3.04. The highest BCUT2D eigenvalue weighted by Gasteiger charge is 2.15. The Balaban J connectivity index is 2.04. The molecule has 0 spiro atoms. The van der Waals surface area contributed by atoms with E-state index in [1.165, 1.54) is 0 Å². The minimum Gasteiger partial charge on any atom is -0.492 e. The second-order valence-corrected chi connectivity index (χ2v) is 6.58. The number of nitrogens with one attached hydrogen (secondary N) is 2. The summed E-state index contributed by atoms with van der Waals surface area (Å²) in [5.41, 5.74) is 3.73. The molecule has 0 heterocycles. The number of carbonyl (C=O) groups is 1. The average Bonchev–Trinajstić information content (AvgIpc) is 2.64. The zero-order valence-corrected chi connectivity index (χ0v) is 17.2. The molecule has 5 nitrogen and oxygen atoms in total. The van der Waals surface area contributed by atoms with Gasteiger partial charge in [-0.2, -0.15) is 0 Å². The molecule has 2 N–H and O–H groups in total. The lowest BCUT2D eigenvalue weighted by Crippen LogP contribution is -2.40. The van der Waals surface area contributed by atoms with E-state index in [1.807, 2.05) is 75.1 Å². The summed E-state index contributed by atoms with van der Waals surface area (Å²) in [6.45, 7) is 9.23. The van der Waals surface area contributed by atoms with Gasteiger partial charge in [-0.05, 0) is 63.2 Å². The molecule has 0 radical (unpaired) electrons. The van der Waals surface area contributed by atoms with Crippen LogP contribution in [-0.2, 0) is 4.79 Å². The molecule has 144 valence electrons. The van der Waals surface area contributed by atoms with Crippen molar-refractivity contribution >= 4 is 34.6 Å². The van der Waals surface area contributed by atoms with Crippen molar-refractivity contribution in [2.75, 3.05) is 30.3 Å². The number of benzene rings is 2. The van der Waals surface area contributed by atoms with Gasteiger partial charge in [0.2, 0.25) is 5.91 Å². The summed E-state index contributed by atoms with van der Waals surface area (Å²) < 4.78 is 5.62. The van der Waals surface area contributed by atoms with Crippen LogP contribution < -0.4 is 15.4 Å². The zero-order chi connectivity index (χ0) is 19.8. The number of hydrogen-bond donors (Lipinski definition) is 2. The maximum absolute atomic E-state index is 12.5. The first kappa shape index (κ1) is 20.7. The zero-order valence-electron chi connectivity index (χ0n) is 16.3. The van der Waals surface area contributed by atoms with E-state index < -0.39 is 0 Å². The summed E-state index contributed by atoms with van der Waals surface area (Å²) in [6.07, 6.45) is 0. The van der Waals surface area contributed by atoms with E-state index in [9.17, 15) is 4.79 Å². The normalized spacial score (nSPS) is 10.2. The molecule has 27 heavy (non-hydrogen) atoms. The van der Waals surface area contributed by atoms with Crippen LogP contribution in [0.15, 0.2) is 42.5 Å². The number of para-hydroxylation sites is 3. The topological polar surface area (TPSA) is 53.6 Å². The molecule has 0 saturated heterocycles. The number of hydrogen-bond acceptors (Lipinski definition) is 3. The minimum absolute atomic E-state index is 0.100. The predicted molar refractivity (Wildman–Crippen MR) is 116 cm³/mol. The van der Waals surface area contributed by atoms with Gasteiger partial charge in [0.1, 0.15) is 5.75 Å². The van der Waals surface area contributed by atoms with Crippen LogP contribution in [0.4, 0.5) is 11.4 Å². The van der Waals surface area contributed by atoms with Gasteiger partial charge in [-0.1, -0.05) is 30.3 Å². The number of ether oxygens (including phenoxy) is 1. The SMILES string of the molecule is CCOc1ccccc1NC(=S)N(CC)CC(=O)Nc1c(C)cccc1C. The van der Waals surface area contributed by atoms with E-state index in [0.717, 1.165) is 28.3 Å². The number of rotatable bonds is 7. The van der Waals surface area contributed by atoms with Gasteiger partial charge in [0.05, 0.1) is 18.8 Å². The number of anilines is 2. The van der Waals surface area contributed by atoms with E-state index >= 15 is 0 Å².